The summed E-state index contributed by atoms with van der Waals surface area (Å²) in [5.41, 5.74) is 2.05. The molecular weight excluding hydrogens is 464 g/mol. The maximum Gasteiger partial charge on any atom is 0.266 e. The highest BCUT2D eigenvalue weighted by Crippen LogP contribution is 2.30. The predicted molar refractivity (Wildman–Crippen MR) is 138 cm³/mol. The molecule has 0 aromatic heterocycles. The van der Waals surface area contributed by atoms with E-state index in [4.69, 9.17) is 25.8 Å². The summed E-state index contributed by atoms with van der Waals surface area (Å²) in [6.07, 6.45) is 2.39. The van der Waals surface area contributed by atoms with Crippen molar-refractivity contribution in [3.8, 4) is 23.3 Å². The number of carbonyl (C=O) groups excluding carboxylic acids is 1. The van der Waals surface area contributed by atoms with Crippen LogP contribution in [-0.2, 0) is 11.4 Å². The van der Waals surface area contributed by atoms with Crippen LogP contribution in [0.15, 0.2) is 72.3 Å². The molecule has 3 aromatic rings. The van der Waals surface area contributed by atoms with E-state index >= 15 is 0 Å². The van der Waals surface area contributed by atoms with E-state index in [-0.39, 0.29) is 5.57 Å². The fourth-order valence-corrected chi connectivity index (χ4v) is 3.33. The standard InChI is InChI=1S/C28H27ClN2O4/c1-3-15-34-26-14-9-20(17-27(26)33-4-2)16-22(18-30)28(32)31-23-10-12-24(13-11-23)35-19-21-7-5-6-8-25(21)29/h5-14,16-17H,3-4,15,19H2,1-2H3,(H,31,32)/b22-16+. The minimum Gasteiger partial charge on any atom is -0.490 e. The van der Waals surface area contributed by atoms with Crippen LogP contribution in [-0.4, -0.2) is 19.1 Å². The highest BCUT2D eigenvalue weighted by molar-refractivity contribution is 6.31. The highest BCUT2D eigenvalue weighted by Gasteiger charge is 2.12. The molecule has 0 fully saturated rings. The Morgan fingerprint density at radius 1 is 1.00 bits per heavy atom. The smallest absolute Gasteiger partial charge is 0.266 e. The third kappa shape index (κ3) is 7.53. The summed E-state index contributed by atoms with van der Waals surface area (Å²) < 4.78 is 17.1. The van der Waals surface area contributed by atoms with E-state index in [2.05, 4.69) is 5.32 Å². The monoisotopic (exact) mass is 490 g/mol. The average Bonchev–Trinajstić information content (AvgIpc) is 2.87. The molecule has 7 heteroatoms. The summed E-state index contributed by atoms with van der Waals surface area (Å²) in [7, 11) is 0. The van der Waals surface area contributed by atoms with Gasteiger partial charge in [0, 0.05) is 16.3 Å². The Hall–Kier alpha value is -3.95. The number of nitrogens with zero attached hydrogens (tertiary/aromatic N) is 1. The van der Waals surface area contributed by atoms with Crippen LogP contribution in [0.25, 0.3) is 6.08 Å². The van der Waals surface area contributed by atoms with Gasteiger partial charge in [-0.1, -0.05) is 42.8 Å². The molecule has 0 bridgehead atoms. The predicted octanol–water partition coefficient (Wildman–Crippen LogP) is 6.65. The van der Waals surface area contributed by atoms with E-state index in [1.165, 1.54) is 6.08 Å². The zero-order valence-electron chi connectivity index (χ0n) is 19.7. The molecule has 0 unspecified atom stereocenters. The second kappa shape index (κ2) is 13.1. The molecular formula is C28H27ClN2O4. The van der Waals surface area contributed by atoms with Gasteiger partial charge < -0.3 is 19.5 Å². The van der Waals surface area contributed by atoms with Gasteiger partial charge >= 0.3 is 0 Å². The number of benzene rings is 3. The molecule has 35 heavy (non-hydrogen) atoms. The van der Waals surface area contributed by atoms with Crippen molar-refractivity contribution in [1.82, 2.24) is 0 Å². The van der Waals surface area contributed by atoms with Gasteiger partial charge in [-0.3, -0.25) is 4.79 Å². The molecule has 1 N–H and O–H groups in total. The van der Waals surface area contributed by atoms with Crippen molar-refractivity contribution in [2.24, 2.45) is 0 Å². The van der Waals surface area contributed by atoms with Crippen LogP contribution in [0.5, 0.6) is 17.2 Å². The third-order valence-electron chi connectivity index (χ3n) is 4.87. The Balaban J connectivity index is 1.66. The fourth-order valence-electron chi connectivity index (χ4n) is 3.14. The summed E-state index contributed by atoms with van der Waals surface area (Å²) >= 11 is 6.15. The summed E-state index contributed by atoms with van der Waals surface area (Å²) in [5.74, 6) is 1.32. The van der Waals surface area contributed by atoms with Crippen LogP contribution in [0, 0.1) is 11.3 Å². The maximum absolute atomic E-state index is 12.7. The normalized spacial score (nSPS) is 10.9. The fraction of sp³-hybridized carbons (Fsp3) is 0.214. The molecule has 0 aliphatic heterocycles. The minimum absolute atomic E-state index is 0.0336. The van der Waals surface area contributed by atoms with E-state index in [9.17, 15) is 10.1 Å². The first-order valence-corrected chi connectivity index (χ1v) is 11.7. The lowest BCUT2D eigenvalue weighted by atomic mass is 10.1. The van der Waals surface area contributed by atoms with Gasteiger partial charge in [0.1, 0.15) is 24.0 Å². The van der Waals surface area contributed by atoms with E-state index in [1.54, 1.807) is 42.5 Å². The van der Waals surface area contributed by atoms with Crippen LogP contribution in [0.2, 0.25) is 5.02 Å². The summed E-state index contributed by atoms with van der Waals surface area (Å²) in [4.78, 5) is 12.7. The molecule has 0 radical (unpaired) electrons. The van der Waals surface area contributed by atoms with Gasteiger partial charge in [0.2, 0.25) is 0 Å². The van der Waals surface area contributed by atoms with E-state index in [0.717, 1.165) is 12.0 Å². The third-order valence-corrected chi connectivity index (χ3v) is 5.24. The molecule has 0 aliphatic carbocycles. The van der Waals surface area contributed by atoms with Gasteiger partial charge in [-0.2, -0.15) is 5.26 Å². The van der Waals surface area contributed by atoms with Crippen molar-refractivity contribution in [2.75, 3.05) is 18.5 Å². The molecule has 6 nitrogen and oxygen atoms in total. The van der Waals surface area contributed by atoms with Crippen molar-refractivity contribution in [2.45, 2.75) is 26.9 Å². The van der Waals surface area contributed by atoms with Crippen LogP contribution in [0.4, 0.5) is 5.69 Å². The van der Waals surface area contributed by atoms with Crippen LogP contribution in [0.3, 0.4) is 0 Å². The molecule has 0 aliphatic rings. The largest absolute Gasteiger partial charge is 0.490 e. The van der Waals surface area contributed by atoms with Gasteiger partial charge in [-0.25, -0.2) is 0 Å². The molecule has 0 heterocycles. The van der Waals surface area contributed by atoms with Crippen LogP contribution >= 0.6 is 11.6 Å². The Morgan fingerprint density at radius 2 is 1.77 bits per heavy atom. The SMILES string of the molecule is CCCOc1ccc(/C=C(\C#N)C(=O)Nc2ccc(OCc3ccccc3Cl)cc2)cc1OCC. The zero-order chi connectivity index (χ0) is 25.0. The van der Waals surface area contributed by atoms with Crippen molar-refractivity contribution >= 4 is 29.3 Å². The Kier molecular flexibility index (Phi) is 9.58. The van der Waals surface area contributed by atoms with Crippen molar-refractivity contribution in [1.29, 1.82) is 5.26 Å². The van der Waals surface area contributed by atoms with E-state index < -0.39 is 5.91 Å². The lowest BCUT2D eigenvalue weighted by Crippen LogP contribution is -2.13. The second-order valence-corrected chi connectivity index (χ2v) is 7.92. The van der Waals surface area contributed by atoms with Crippen molar-refractivity contribution < 1.29 is 19.0 Å². The number of amides is 1. The molecule has 3 rings (SSSR count). The number of hydrogen-bond acceptors (Lipinski definition) is 5. The van der Waals surface area contributed by atoms with Gasteiger partial charge in [-0.15, -0.1) is 0 Å². The Bertz CT molecular complexity index is 1220. The summed E-state index contributed by atoms with van der Waals surface area (Å²) in [6.45, 7) is 5.28. The summed E-state index contributed by atoms with van der Waals surface area (Å²) in [6, 6.07) is 21.7. The lowest BCUT2D eigenvalue weighted by molar-refractivity contribution is -0.112. The molecule has 0 saturated carbocycles. The zero-order valence-corrected chi connectivity index (χ0v) is 20.5. The first kappa shape index (κ1) is 25.7. The van der Waals surface area contributed by atoms with Crippen molar-refractivity contribution in [3.63, 3.8) is 0 Å². The number of halogens is 1. The molecule has 0 spiro atoms. The van der Waals surface area contributed by atoms with Gasteiger partial charge in [0.25, 0.3) is 5.91 Å². The van der Waals surface area contributed by atoms with Gasteiger partial charge in [0.05, 0.1) is 13.2 Å². The molecule has 0 saturated heterocycles. The number of ether oxygens (including phenoxy) is 3. The topological polar surface area (TPSA) is 80.6 Å². The number of nitriles is 1. The number of carbonyl (C=O) groups is 1. The molecule has 180 valence electrons. The van der Waals surface area contributed by atoms with E-state index in [1.807, 2.05) is 44.2 Å². The highest BCUT2D eigenvalue weighted by atomic mass is 35.5. The maximum atomic E-state index is 12.7. The van der Waals surface area contributed by atoms with Crippen LogP contribution < -0.4 is 19.5 Å². The van der Waals surface area contributed by atoms with E-state index in [0.29, 0.717) is 53.3 Å². The number of rotatable bonds is 11. The molecule has 0 atom stereocenters. The molecule has 3 aromatic carbocycles. The Morgan fingerprint density at radius 3 is 2.46 bits per heavy atom. The first-order chi connectivity index (χ1) is 17.0. The van der Waals surface area contributed by atoms with Gasteiger partial charge in [-0.05, 0) is 67.4 Å². The quantitative estimate of drug-likeness (QED) is 0.240. The second-order valence-electron chi connectivity index (χ2n) is 7.52. The average molecular weight is 491 g/mol. The summed E-state index contributed by atoms with van der Waals surface area (Å²) in [5, 5.41) is 12.9. The number of hydrogen-bond donors (Lipinski definition) is 1. The van der Waals surface area contributed by atoms with Gasteiger partial charge in [0.15, 0.2) is 11.5 Å². The molecule has 1 amide bonds. The Labute approximate surface area is 210 Å². The number of nitrogens with one attached hydrogen (secondary N) is 1. The minimum atomic E-state index is -0.512. The van der Waals surface area contributed by atoms with Crippen LogP contribution in [0.1, 0.15) is 31.4 Å². The lowest BCUT2D eigenvalue weighted by Gasteiger charge is -2.12. The van der Waals surface area contributed by atoms with Crippen molar-refractivity contribution in [3.05, 3.63) is 88.5 Å². The number of anilines is 1. The first-order valence-electron chi connectivity index (χ1n) is 11.3.